The van der Waals surface area contributed by atoms with E-state index in [-0.39, 0.29) is 6.04 Å². The summed E-state index contributed by atoms with van der Waals surface area (Å²) in [6.07, 6.45) is 0. The van der Waals surface area contributed by atoms with Gasteiger partial charge in [-0.15, -0.1) is 0 Å². The van der Waals surface area contributed by atoms with Crippen LogP contribution in [0.1, 0.15) is 24.1 Å². The molecule has 0 saturated heterocycles. The molecule has 2 nitrogen and oxygen atoms in total. The van der Waals surface area contributed by atoms with Gasteiger partial charge in [0, 0.05) is 11.1 Å². The molecule has 0 heterocycles. The maximum atomic E-state index is 6.20. The molecule has 2 rings (SSSR count). The minimum absolute atomic E-state index is 0.0520. The summed E-state index contributed by atoms with van der Waals surface area (Å²) in [5, 5.41) is 1.23. The zero-order valence-corrected chi connectivity index (χ0v) is 12.3. The van der Waals surface area contributed by atoms with Crippen molar-refractivity contribution in [2.45, 2.75) is 19.9 Å². The molecule has 0 aliphatic carbocycles. The molecule has 0 amide bonds. The Hall–Kier alpha value is -1.22. The Morgan fingerprint density at radius 3 is 2.32 bits per heavy atom. The summed E-state index contributed by atoms with van der Waals surface area (Å²) in [6.45, 7) is 3.85. The van der Waals surface area contributed by atoms with E-state index >= 15 is 0 Å². The molecule has 100 valence electrons. The summed E-state index contributed by atoms with van der Waals surface area (Å²) in [4.78, 5) is 0. The molecular weight excluding hydrogens is 281 g/mol. The second-order valence-corrected chi connectivity index (χ2v) is 5.33. The SMILES string of the molecule is Cc1cc(Cl)ccc1Oc1ccc([C@H](C)N)cc1Cl. The van der Waals surface area contributed by atoms with Crippen molar-refractivity contribution in [3.05, 3.63) is 57.6 Å². The summed E-state index contributed by atoms with van der Waals surface area (Å²) >= 11 is 12.1. The van der Waals surface area contributed by atoms with Crippen LogP contribution in [0.15, 0.2) is 36.4 Å². The van der Waals surface area contributed by atoms with E-state index in [2.05, 4.69) is 0 Å². The molecule has 0 bridgehead atoms. The van der Waals surface area contributed by atoms with Crippen LogP contribution in [0.25, 0.3) is 0 Å². The van der Waals surface area contributed by atoms with Crippen molar-refractivity contribution in [3.63, 3.8) is 0 Å². The third-order valence-corrected chi connectivity index (χ3v) is 3.37. The summed E-state index contributed by atoms with van der Waals surface area (Å²) in [6, 6.07) is 11.0. The summed E-state index contributed by atoms with van der Waals surface area (Å²) in [5.41, 5.74) is 7.75. The Morgan fingerprint density at radius 1 is 1.05 bits per heavy atom. The van der Waals surface area contributed by atoms with Crippen LogP contribution in [-0.2, 0) is 0 Å². The quantitative estimate of drug-likeness (QED) is 0.853. The minimum Gasteiger partial charge on any atom is -0.456 e. The standard InChI is InChI=1S/C15H15Cl2NO/c1-9-7-12(16)4-6-14(9)19-15-5-3-11(10(2)18)8-13(15)17/h3-8,10H,18H2,1-2H3/t10-/m0/s1. The van der Waals surface area contributed by atoms with Crippen molar-refractivity contribution in [1.82, 2.24) is 0 Å². The second-order valence-electron chi connectivity index (χ2n) is 4.49. The van der Waals surface area contributed by atoms with Crippen LogP contribution in [0, 0.1) is 6.92 Å². The largest absolute Gasteiger partial charge is 0.456 e. The van der Waals surface area contributed by atoms with Crippen molar-refractivity contribution in [2.24, 2.45) is 5.73 Å². The van der Waals surface area contributed by atoms with E-state index in [1.165, 1.54) is 0 Å². The lowest BCUT2D eigenvalue weighted by molar-refractivity contribution is 0.479. The van der Waals surface area contributed by atoms with E-state index in [1.807, 2.05) is 44.2 Å². The van der Waals surface area contributed by atoms with Gasteiger partial charge in [0.15, 0.2) is 0 Å². The summed E-state index contributed by atoms with van der Waals surface area (Å²) in [5.74, 6) is 1.34. The molecule has 0 aliphatic rings. The lowest BCUT2D eigenvalue weighted by atomic mass is 10.1. The molecule has 2 aromatic rings. The highest BCUT2D eigenvalue weighted by atomic mass is 35.5. The van der Waals surface area contributed by atoms with E-state index in [4.69, 9.17) is 33.7 Å². The fraction of sp³-hybridized carbons (Fsp3) is 0.200. The number of benzene rings is 2. The zero-order valence-electron chi connectivity index (χ0n) is 10.8. The number of hydrogen-bond donors (Lipinski definition) is 1. The van der Waals surface area contributed by atoms with Crippen molar-refractivity contribution in [2.75, 3.05) is 0 Å². The van der Waals surface area contributed by atoms with Crippen LogP contribution in [0.3, 0.4) is 0 Å². The molecule has 2 aromatic carbocycles. The van der Waals surface area contributed by atoms with E-state index < -0.39 is 0 Å². The monoisotopic (exact) mass is 295 g/mol. The molecule has 0 unspecified atom stereocenters. The second kappa shape index (κ2) is 5.83. The molecular formula is C15H15Cl2NO. The molecule has 0 spiro atoms. The van der Waals surface area contributed by atoms with Gasteiger partial charge in [-0.1, -0.05) is 29.3 Å². The first-order chi connectivity index (χ1) is 8.97. The molecule has 0 aromatic heterocycles. The molecule has 1 atom stereocenters. The number of ether oxygens (including phenoxy) is 1. The smallest absolute Gasteiger partial charge is 0.146 e. The maximum absolute atomic E-state index is 6.20. The first kappa shape index (κ1) is 14.2. The highest BCUT2D eigenvalue weighted by molar-refractivity contribution is 6.32. The zero-order chi connectivity index (χ0) is 14.0. The summed E-state index contributed by atoms with van der Waals surface area (Å²) in [7, 11) is 0. The van der Waals surface area contributed by atoms with Gasteiger partial charge >= 0.3 is 0 Å². The van der Waals surface area contributed by atoms with Gasteiger partial charge in [0.05, 0.1) is 5.02 Å². The average Bonchev–Trinajstić information content (AvgIpc) is 2.34. The van der Waals surface area contributed by atoms with Crippen molar-refractivity contribution in [1.29, 1.82) is 0 Å². The van der Waals surface area contributed by atoms with E-state index in [0.717, 1.165) is 16.9 Å². The maximum Gasteiger partial charge on any atom is 0.146 e. The Morgan fingerprint density at radius 2 is 1.74 bits per heavy atom. The number of aryl methyl sites for hydroxylation is 1. The highest BCUT2D eigenvalue weighted by Crippen LogP contribution is 2.33. The van der Waals surface area contributed by atoms with Gasteiger partial charge in [-0.3, -0.25) is 0 Å². The topological polar surface area (TPSA) is 35.2 Å². The Labute approximate surface area is 123 Å². The number of hydrogen-bond acceptors (Lipinski definition) is 2. The third kappa shape index (κ3) is 3.41. The van der Waals surface area contributed by atoms with E-state index in [1.54, 1.807) is 6.07 Å². The Kier molecular flexibility index (Phi) is 4.35. The number of halogens is 2. The van der Waals surface area contributed by atoms with Gasteiger partial charge in [-0.2, -0.15) is 0 Å². The van der Waals surface area contributed by atoms with Crippen LogP contribution in [0.5, 0.6) is 11.5 Å². The predicted molar refractivity (Wildman–Crippen MR) is 80.3 cm³/mol. The van der Waals surface area contributed by atoms with E-state index in [0.29, 0.717) is 15.8 Å². The van der Waals surface area contributed by atoms with Crippen LogP contribution >= 0.6 is 23.2 Å². The first-order valence-corrected chi connectivity index (χ1v) is 6.72. The fourth-order valence-electron chi connectivity index (χ4n) is 1.73. The van der Waals surface area contributed by atoms with E-state index in [9.17, 15) is 0 Å². The number of nitrogens with two attached hydrogens (primary N) is 1. The van der Waals surface area contributed by atoms with Crippen LogP contribution in [-0.4, -0.2) is 0 Å². The number of rotatable bonds is 3. The van der Waals surface area contributed by atoms with Crippen molar-refractivity contribution in [3.8, 4) is 11.5 Å². The van der Waals surface area contributed by atoms with Crippen LogP contribution in [0.4, 0.5) is 0 Å². The van der Waals surface area contributed by atoms with Gasteiger partial charge in [0.2, 0.25) is 0 Å². The molecule has 19 heavy (non-hydrogen) atoms. The molecule has 4 heteroatoms. The summed E-state index contributed by atoms with van der Waals surface area (Å²) < 4.78 is 5.80. The Bertz CT molecular complexity index is 597. The molecule has 0 radical (unpaired) electrons. The normalized spacial score (nSPS) is 12.3. The lowest BCUT2D eigenvalue weighted by Gasteiger charge is -2.12. The van der Waals surface area contributed by atoms with Gasteiger partial charge in [0.1, 0.15) is 11.5 Å². The average molecular weight is 296 g/mol. The van der Waals surface area contributed by atoms with Gasteiger partial charge in [-0.25, -0.2) is 0 Å². The molecule has 0 saturated carbocycles. The predicted octanol–water partition coefficient (Wildman–Crippen LogP) is 5.11. The molecule has 2 N–H and O–H groups in total. The van der Waals surface area contributed by atoms with Crippen molar-refractivity contribution >= 4 is 23.2 Å². The lowest BCUT2D eigenvalue weighted by Crippen LogP contribution is -2.04. The third-order valence-electron chi connectivity index (χ3n) is 2.84. The van der Waals surface area contributed by atoms with Crippen molar-refractivity contribution < 1.29 is 4.74 Å². The minimum atomic E-state index is -0.0520. The Balaban J connectivity index is 2.28. The molecule has 0 fully saturated rings. The molecule has 0 aliphatic heterocycles. The van der Waals surface area contributed by atoms with Gasteiger partial charge in [0.25, 0.3) is 0 Å². The van der Waals surface area contributed by atoms with Crippen LogP contribution in [0.2, 0.25) is 10.0 Å². The first-order valence-electron chi connectivity index (χ1n) is 5.96. The van der Waals surface area contributed by atoms with Crippen LogP contribution < -0.4 is 10.5 Å². The van der Waals surface area contributed by atoms with Gasteiger partial charge < -0.3 is 10.5 Å². The fourth-order valence-corrected chi connectivity index (χ4v) is 2.18. The van der Waals surface area contributed by atoms with Gasteiger partial charge in [-0.05, 0) is 55.3 Å². The highest BCUT2D eigenvalue weighted by Gasteiger charge is 2.08.